The number of aliphatic carboxylic acids is 1. The van der Waals surface area contributed by atoms with E-state index >= 15 is 0 Å². The van der Waals surface area contributed by atoms with Gasteiger partial charge in [0.2, 0.25) is 5.78 Å². The van der Waals surface area contributed by atoms with Crippen molar-refractivity contribution in [1.82, 2.24) is 0 Å². The second-order valence-corrected chi connectivity index (χ2v) is 4.75. The molecule has 1 aromatic carbocycles. The Morgan fingerprint density at radius 3 is 2.30 bits per heavy atom. The Hall–Kier alpha value is -2.56. The number of benzene rings is 1. The highest BCUT2D eigenvalue weighted by atomic mass is 16.5. The van der Waals surface area contributed by atoms with Crippen molar-refractivity contribution in [2.75, 3.05) is 0 Å². The fourth-order valence-corrected chi connectivity index (χ4v) is 1.56. The quantitative estimate of drug-likeness (QED) is 0.848. The van der Waals surface area contributed by atoms with Crippen LogP contribution in [0.5, 0.6) is 5.75 Å². The van der Waals surface area contributed by atoms with Gasteiger partial charge in [-0.1, -0.05) is 0 Å². The molecule has 0 amide bonds. The van der Waals surface area contributed by atoms with Crippen molar-refractivity contribution in [3.8, 4) is 5.75 Å². The highest BCUT2D eigenvalue weighted by Gasteiger charge is 2.29. The van der Waals surface area contributed by atoms with Gasteiger partial charge in [-0.3, -0.25) is 4.79 Å². The number of carboxylic acid groups (broad SMARTS) is 1. The summed E-state index contributed by atoms with van der Waals surface area (Å²) >= 11 is 0. The average molecular weight is 274 g/mol. The molecule has 0 saturated carbocycles. The maximum Gasteiger partial charge on any atom is 0.347 e. The maximum absolute atomic E-state index is 12.0. The van der Waals surface area contributed by atoms with Gasteiger partial charge in [0.05, 0.1) is 6.26 Å². The number of carboxylic acids is 1. The summed E-state index contributed by atoms with van der Waals surface area (Å²) in [5.41, 5.74) is -0.882. The Kier molecular flexibility index (Phi) is 3.61. The third-order valence-corrected chi connectivity index (χ3v) is 2.75. The molecule has 0 aliphatic heterocycles. The van der Waals surface area contributed by atoms with Crippen LogP contribution in [0.1, 0.15) is 30.0 Å². The van der Waals surface area contributed by atoms with E-state index in [9.17, 15) is 9.59 Å². The van der Waals surface area contributed by atoms with Crippen molar-refractivity contribution in [2.24, 2.45) is 0 Å². The van der Waals surface area contributed by atoms with Crippen LogP contribution >= 0.6 is 0 Å². The molecule has 0 saturated heterocycles. The molecule has 0 aliphatic carbocycles. The average Bonchev–Trinajstić information content (AvgIpc) is 2.92. The summed E-state index contributed by atoms with van der Waals surface area (Å²) in [6.45, 7) is 2.91. The largest absolute Gasteiger partial charge is 0.478 e. The molecule has 2 rings (SSSR count). The van der Waals surface area contributed by atoms with Crippen molar-refractivity contribution >= 4 is 11.8 Å². The monoisotopic (exact) mass is 274 g/mol. The SMILES string of the molecule is CC(C)(Oc1ccc(C(=O)c2ccco2)cc1)C(=O)O. The van der Waals surface area contributed by atoms with Crippen LogP contribution < -0.4 is 4.74 Å². The minimum absolute atomic E-state index is 0.237. The Labute approximate surface area is 115 Å². The Bertz CT molecular complexity index is 608. The standard InChI is InChI=1S/C15H14O5/c1-15(2,14(17)18)20-11-7-5-10(6-8-11)13(16)12-4-3-9-19-12/h3-9H,1-2H3,(H,17,18). The van der Waals surface area contributed by atoms with E-state index in [1.807, 2.05) is 0 Å². The van der Waals surface area contributed by atoms with Crippen LogP contribution in [-0.4, -0.2) is 22.5 Å². The van der Waals surface area contributed by atoms with Crippen LogP contribution in [0.15, 0.2) is 47.1 Å². The second kappa shape index (κ2) is 5.21. The van der Waals surface area contributed by atoms with Crippen molar-refractivity contribution in [3.63, 3.8) is 0 Å². The first-order valence-electron chi connectivity index (χ1n) is 6.01. The molecular weight excluding hydrogens is 260 g/mol. The highest BCUT2D eigenvalue weighted by molar-refractivity contribution is 6.07. The van der Waals surface area contributed by atoms with E-state index in [-0.39, 0.29) is 11.5 Å². The molecular formula is C15H14O5. The molecule has 104 valence electrons. The fourth-order valence-electron chi connectivity index (χ4n) is 1.56. The number of carbonyl (C=O) groups is 2. The van der Waals surface area contributed by atoms with Gasteiger partial charge in [0.1, 0.15) is 5.75 Å². The molecule has 0 bridgehead atoms. The summed E-state index contributed by atoms with van der Waals surface area (Å²) < 4.78 is 10.4. The molecule has 1 heterocycles. The highest BCUT2D eigenvalue weighted by Crippen LogP contribution is 2.20. The van der Waals surface area contributed by atoms with Gasteiger partial charge in [0, 0.05) is 5.56 Å². The first-order chi connectivity index (χ1) is 9.40. The summed E-state index contributed by atoms with van der Waals surface area (Å²) in [6, 6.07) is 9.47. The minimum atomic E-state index is -1.33. The molecule has 1 aromatic heterocycles. The Morgan fingerprint density at radius 1 is 1.15 bits per heavy atom. The summed E-state index contributed by atoms with van der Waals surface area (Å²) in [5.74, 6) is -0.662. The van der Waals surface area contributed by atoms with Crippen LogP contribution in [0.25, 0.3) is 0 Å². The maximum atomic E-state index is 12.0. The smallest absolute Gasteiger partial charge is 0.347 e. The van der Waals surface area contributed by atoms with Crippen LogP contribution in [0.4, 0.5) is 0 Å². The summed E-state index contributed by atoms with van der Waals surface area (Å²) in [4.78, 5) is 22.9. The van der Waals surface area contributed by atoms with Crippen molar-refractivity contribution in [2.45, 2.75) is 19.4 Å². The molecule has 5 heteroatoms. The fraction of sp³-hybridized carbons (Fsp3) is 0.200. The Morgan fingerprint density at radius 2 is 1.80 bits per heavy atom. The van der Waals surface area contributed by atoms with Gasteiger partial charge >= 0.3 is 5.97 Å². The summed E-state index contributed by atoms with van der Waals surface area (Å²) in [7, 11) is 0. The van der Waals surface area contributed by atoms with E-state index in [1.54, 1.807) is 36.4 Å². The van der Waals surface area contributed by atoms with Crippen LogP contribution in [-0.2, 0) is 4.79 Å². The number of rotatable bonds is 5. The Balaban J connectivity index is 2.15. The molecule has 0 fully saturated rings. The zero-order chi connectivity index (χ0) is 14.8. The molecule has 20 heavy (non-hydrogen) atoms. The normalized spacial score (nSPS) is 11.1. The first-order valence-corrected chi connectivity index (χ1v) is 6.01. The minimum Gasteiger partial charge on any atom is -0.478 e. The van der Waals surface area contributed by atoms with E-state index in [4.69, 9.17) is 14.3 Å². The van der Waals surface area contributed by atoms with Crippen molar-refractivity contribution in [3.05, 3.63) is 54.0 Å². The van der Waals surface area contributed by atoms with E-state index in [1.165, 1.54) is 20.1 Å². The first kappa shape index (κ1) is 13.9. The van der Waals surface area contributed by atoms with Gasteiger partial charge in [0.15, 0.2) is 11.4 Å². The molecule has 1 N–H and O–H groups in total. The predicted molar refractivity (Wildman–Crippen MR) is 70.9 cm³/mol. The predicted octanol–water partition coefficient (Wildman–Crippen LogP) is 2.75. The molecule has 2 aromatic rings. The molecule has 0 unspecified atom stereocenters. The topological polar surface area (TPSA) is 76.7 Å². The molecule has 0 spiro atoms. The lowest BCUT2D eigenvalue weighted by Crippen LogP contribution is -2.37. The number of carbonyl (C=O) groups excluding carboxylic acids is 1. The molecule has 5 nitrogen and oxygen atoms in total. The lowest BCUT2D eigenvalue weighted by molar-refractivity contribution is -0.152. The van der Waals surface area contributed by atoms with Gasteiger partial charge in [-0.2, -0.15) is 0 Å². The number of hydrogen-bond donors (Lipinski definition) is 1. The molecule has 0 atom stereocenters. The lowest BCUT2D eigenvalue weighted by atomic mass is 10.1. The van der Waals surface area contributed by atoms with Crippen molar-refractivity contribution < 1.29 is 23.8 Å². The number of ketones is 1. The van der Waals surface area contributed by atoms with Crippen LogP contribution in [0.3, 0.4) is 0 Å². The van der Waals surface area contributed by atoms with Crippen molar-refractivity contribution in [1.29, 1.82) is 0 Å². The van der Waals surface area contributed by atoms with Gasteiger partial charge in [-0.05, 0) is 50.2 Å². The molecule has 0 aliphatic rings. The lowest BCUT2D eigenvalue weighted by Gasteiger charge is -2.21. The van der Waals surface area contributed by atoms with E-state index in [2.05, 4.69) is 0 Å². The molecule has 0 radical (unpaired) electrons. The summed E-state index contributed by atoms with van der Waals surface area (Å²) in [6.07, 6.45) is 1.43. The number of furan rings is 1. The van der Waals surface area contributed by atoms with E-state index in [0.29, 0.717) is 11.3 Å². The summed E-state index contributed by atoms with van der Waals surface area (Å²) in [5, 5.41) is 8.98. The second-order valence-electron chi connectivity index (χ2n) is 4.75. The van der Waals surface area contributed by atoms with Crippen LogP contribution in [0.2, 0.25) is 0 Å². The third kappa shape index (κ3) is 2.88. The van der Waals surface area contributed by atoms with Gasteiger partial charge in [-0.15, -0.1) is 0 Å². The van der Waals surface area contributed by atoms with Gasteiger partial charge in [0.25, 0.3) is 0 Å². The van der Waals surface area contributed by atoms with Gasteiger partial charge in [-0.25, -0.2) is 4.79 Å². The van der Waals surface area contributed by atoms with E-state index < -0.39 is 11.6 Å². The van der Waals surface area contributed by atoms with E-state index in [0.717, 1.165) is 0 Å². The van der Waals surface area contributed by atoms with Gasteiger partial charge < -0.3 is 14.3 Å². The third-order valence-electron chi connectivity index (χ3n) is 2.75. The zero-order valence-electron chi connectivity index (χ0n) is 11.1. The number of ether oxygens (including phenoxy) is 1. The number of hydrogen-bond acceptors (Lipinski definition) is 4. The zero-order valence-corrected chi connectivity index (χ0v) is 11.1. The van der Waals surface area contributed by atoms with Crippen LogP contribution in [0, 0.1) is 0 Å².